The van der Waals surface area contributed by atoms with E-state index in [-0.39, 0.29) is 17.6 Å². The normalized spacial score (nSPS) is 11.5. The lowest BCUT2D eigenvalue weighted by atomic mass is 10.0. The molecule has 0 saturated carbocycles. The topological polar surface area (TPSA) is 112 Å². The van der Waals surface area contributed by atoms with E-state index in [0.29, 0.717) is 56.8 Å². The molecule has 0 fully saturated rings. The Labute approximate surface area is 221 Å². The van der Waals surface area contributed by atoms with Crippen LogP contribution in [0.25, 0.3) is 55.8 Å². The zero-order chi connectivity index (χ0) is 27.1. The smallest absolute Gasteiger partial charge is 0.224 e. The number of nitrogens with one attached hydrogen (secondary N) is 3. The first kappa shape index (κ1) is 24.4. The Balaban J connectivity index is 1.41. The summed E-state index contributed by atoms with van der Waals surface area (Å²) in [4.78, 5) is 28.7. The van der Waals surface area contributed by atoms with Crippen LogP contribution >= 0.6 is 0 Å². The predicted octanol–water partition coefficient (Wildman–Crippen LogP) is 6.49. The molecule has 1 amide bonds. The Bertz CT molecular complexity index is 1840. The Hall–Kier alpha value is -4.99. The fourth-order valence-corrected chi connectivity index (χ4v) is 4.57. The van der Waals surface area contributed by atoms with E-state index in [2.05, 4.69) is 35.5 Å². The third-order valence-electron chi connectivity index (χ3n) is 6.35. The maximum Gasteiger partial charge on any atom is 0.224 e. The summed E-state index contributed by atoms with van der Waals surface area (Å²) < 4.78 is 28.7. The largest absolute Gasteiger partial charge is 0.335 e. The lowest BCUT2D eigenvalue weighted by molar-refractivity contribution is -0.116. The van der Waals surface area contributed by atoms with Crippen LogP contribution in [-0.4, -0.2) is 36.0 Å². The molecule has 0 aliphatic rings. The summed E-state index contributed by atoms with van der Waals surface area (Å²) in [6.45, 7) is 3.92. The summed E-state index contributed by atoms with van der Waals surface area (Å²) in [7, 11) is 0. The van der Waals surface area contributed by atoms with Crippen LogP contribution in [0.4, 0.5) is 14.5 Å². The van der Waals surface area contributed by atoms with E-state index in [9.17, 15) is 9.18 Å². The van der Waals surface area contributed by atoms with E-state index in [1.807, 2.05) is 19.9 Å². The van der Waals surface area contributed by atoms with Crippen molar-refractivity contribution in [1.29, 1.82) is 0 Å². The first-order valence-electron chi connectivity index (χ1n) is 12.4. The lowest BCUT2D eigenvalue weighted by Crippen LogP contribution is -2.14. The van der Waals surface area contributed by atoms with Crippen molar-refractivity contribution in [3.63, 3.8) is 0 Å². The molecule has 4 aromatic heterocycles. The van der Waals surface area contributed by atoms with Crippen LogP contribution < -0.4 is 5.32 Å². The minimum Gasteiger partial charge on any atom is -0.335 e. The van der Waals surface area contributed by atoms with E-state index in [1.54, 1.807) is 36.7 Å². The molecule has 39 heavy (non-hydrogen) atoms. The Kier molecular flexibility index (Phi) is 6.07. The highest BCUT2D eigenvalue weighted by Crippen LogP contribution is 2.34. The summed E-state index contributed by atoms with van der Waals surface area (Å²) in [6.07, 6.45) is 5.09. The number of H-pyrrole nitrogens is 2. The number of halogens is 2. The Morgan fingerprint density at radius 3 is 2.62 bits per heavy atom. The number of hydrogen-bond donors (Lipinski definition) is 3. The number of carbonyl (C=O) groups is 1. The second-order valence-electron chi connectivity index (χ2n) is 9.71. The molecule has 4 heterocycles. The van der Waals surface area contributed by atoms with Gasteiger partial charge < -0.3 is 10.3 Å². The molecule has 0 aliphatic carbocycles. The molecule has 0 bridgehead atoms. The monoisotopic (exact) mass is 523 g/mol. The van der Waals surface area contributed by atoms with Crippen LogP contribution in [0.1, 0.15) is 20.3 Å². The number of imidazole rings is 1. The number of aromatic amines is 2. The molecular formula is C29H23F2N7O. The van der Waals surface area contributed by atoms with E-state index in [0.717, 1.165) is 11.1 Å². The van der Waals surface area contributed by atoms with Gasteiger partial charge in [-0.3, -0.25) is 14.9 Å². The molecule has 194 valence electrons. The summed E-state index contributed by atoms with van der Waals surface area (Å²) in [5, 5.41) is 10.7. The van der Waals surface area contributed by atoms with Crippen LogP contribution in [0.15, 0.2) is 67.1 Å². The minimum absolute atomic E-state index is 0.129. The van der Waals surface area contributed by atoms with Gasteiger partial charge in [-0.1, -0.05) is 26.0 Å². The number of fused-ring (bicyclic) bond motifs is 2. The number of nitrogens with zero attached hydrogens (tertiary/aromatic N) is 4. The standard InChI is InChI=1S/C29H23F2N7O/c1-15(2)9-25(39)34-19-10-17(13-32-14-19)21-11-22-24(12-23(21)31)37-38-27(22)29-35-26-20(7-8-33-28(26)36-29)16-3-5-18(30)6-4-16/h3-8,10-15H,9H2,1-2H3,(H,34,39)(H,37,38)(H,33,35,36). The average molecular weight is 524 g/mol. The van der Waals surface area contributed by atoms with Crippen molar-refractivity contribution in [3.8, 4) is 33.8 Å². The van der Waals surface area contributed by atoms with Gasteiger partial charge in [0, 0.05) is 47.0 Å². The number of pyridine rings is 2. The quantitative estimate of drug-likeness (QED) is 0.231. The van der Waals surface area contributed by atoms with E-state index < -0.39 is 5.82 Å². The molecule has 0 aliphatic heterocycles. The molecule has 0 unspecified atom stereocenters. The zero-order valence-corrected chi connectivity index (χ0v) is 21.1. The van der Waals surface area contributed by atoms with Crippen molar-refractivity contribution >= 4 is 33.7 Å². The second-order valence-corrected chi connectivity index (χ2v) is 9.71. The van der Waals surface area contributed by atoms with Crippen molar-refractivity contribution in [1.82, 2.24) is 30.1 Å². The zero-order valence-electron chi connectivity index (χ0n) is 21.1. The SMILES string of the molecule is CC(C)CC(=O)Nc1cncc(-c2cc3c(-c4nc5nccc(-c6ccc(F)cc6)c5[nH]4)n[nH]c3cc2F)c1. The highest BCUT2D eigenvalue weighted by Gasteiger charge is 2.18. The second kappa shape index (κ2) is 9.71. The maximum absolute atomic E-state index is 15.2. The number of rotatable bonds is 6. The van der Waals surface area contributed by atoms with Crippen LogP contribution in [0.2, 0.25) is 0 Å². The highest BCUT2D eigenvalue weighted by molar-refractivity contribution is 5.98. The third-order valence-corrected chi connectivity index (χ3v) is 6.35. The van der Waals surface area contributed by atoms with Gasteiger partial charge in [-0.05, 0) is 41.8 Å². The van der Waals surface area contributed by atoms with Crippen LogP contribution in [0, 0.1) is 17.6 Å². The van der Waals surface area contributed by atoms with Crippen molar-refractivity contribution in [2.75, 3.05) is 5.32 Å². The molecule has 8 nitrogen and oxygen atoms in total. The summed E-state index contributed by atoms with van der Waals surface area (Å²) in [5.41, 5.74) is 5.05. The summed E-state index contributed by atoms with van der Waals surface area (Å²) in [6, 6.07) is 12.8. The van der Waals surface area contributed by atoms with Gasteiger partial charge in [-0.15, -0.1) is 0 Å². The fourth-order valence-electron chi connectivity index (χ4n) is 4.57. The number of carbonyl (C=O) groups excluding carboxylic acids is 1. The van der Waals surface area contributed by atoms with Crippen LogP contribution in [0.5, 0.6) is 0 Å². The van der Waals surface area contributed by atoms with Crippen molar-refractivity contribution in [2.45, 2.75) is 20.3 Å². The third kappa shape index (κ3) is 4.72. The van der Waals surface area contributed by atoms with Crippen molar-refractivity contribution in [2.24, 2.45) is 5.92 Å². The molecule has 2 aromatic carbocycles. The summed E-state index contributed by atoms with van der Waals surface area (Å²) in [5.74, 6) is -0.256. The molecule has 6 rings (SSSR count). The van der Waals surface area contributed by atoms with Gasteiger partial charge in [-0.25, -0.2) is 18.7 Å². The predicted molar refractivity (Wildman–Crippen MR) is 146 cm³/mol. The molecule has 0 radical (unpaired) electrons. The highest BCUT2D eigenvalue weighted by atomic mass is 19.1. The molecule has 0 spiro atoms. The van der Waals surface area contributed by atoms with Gasteiger partial charge in [-0.2, -0.15) is 5.10 Å². The minimum atomic E-state index is -0.463. The van der Waals surface area contributed by atoms with Gasteiger partial charge in [0.25, 0.3) is 0 Å². The molecular weight excluding hydrogens is 500 g/mol. The molecule has 0 saturated heterocycles. The van der Waals surface area contributed by atoms with Crippen molar-refractivity contribution in [3.05, 3.63) is 78.8 Å². The van der Waals surface area contributed by atoms with E-state index >= 15 is 4.39 Å². The van der Waals surface area contributed by atoms with Crippen molar-refractivity contribution < 1.29 is 13.6 Å². The van der Waals surface area contributed by atoms with E-state index in [4.69, 9.17) is 0 Å². The first-order valence-corrected chi connectivity index (χ1v) is 12.4. The van der Waals surface area contributed by atoms with Crippen LogP contribution in [-0.2, 0) is 4.79 Å². The Morgan fingerprint density at radius 1 is 1.00 bits per heavy atom. The Morgan fingerprint density at radius 2 is 1.82 bits per heavy atom. The summed E-state index contributed by atoms with van der Waals surface area (Å²) >= 11 is 0. The lowest BCUT2D eigenvalue weighted by Gasteiger charge is -2.09. The first-order chi connectivity index (χ1) is 18.9. The fraction of sp³-hybridized carbons (Fsp3) is 0.138. The number of benzene rings is 2. The van der Waals surface area contributed by atoms with Gasteiger partial charge in [0.2, 0.25) is 5.91 Å². The number of aromatic nitrogens is 6. The molecule has 3 N–H and O–H groups in total. The van der Waals surface area contributed by atoms with E-state index in [1.165, 1.54) is 24.4 Å². The van der Waals surface area contributed by atoms with Gasteiger partial charge >= 0.3 is 0 Å². The number of hydrogen-bond acceptors (Lipinski definition) is 5. The molecule has 10 heteroatoms. The maximum atomic E-state index is 15.2. The molecule has 6 aromatic rings. The molecule has 0 atom stereocenters. The average Bonchev–Trinajstić information content (AvgIpc) is 3.52. The number of amides is 1. The number of anilines is 1. The van der Waals surface area contributed by atoms with Gasteiger partial charge in [0.1, 0.15) is 17.3 Å². The van der Waals surface area contributed by atoms with Gasteiger partial charge in [0.15, 0.2) is 11.5 Å². The van der Waals surface area contributed by atoms with Crippen LogP contribution in [0.3, 0.4) is 0 Å². The van der Waals surface area contributed by atoms with Gasteiger partial charge in [0.05, 0.1) is 22.9 Å².